The van der Waals surface area contributed by atoms with Crippen LogP contribution in [0.2, 0.25) is 0 Å². The maximum atomic E-state index is 5.10. The molecule has 0 aromatic heterocycles. The Balaban J connectivity index is 3.21. The Morgan fingerprint density at radius 3 is 2.36 bits per heavy atom. The molecule has 0 amide bonds. The van der Waals surface area contributed by atoms with Crippen LogP contribution in [0.5, 0.6) is 0 Å². The Labute approximate surface area is 67.3 Å². The third-order valence-electron chi connectivity index (χ3n) is 1.01. The largest absolute Gasteiger partial charge is 0.359 e. The standard InChI is InChI=1S/C8H14O3/c1-4-8(5-2)11-7-10-6-9-3/h4-5,8H,1-2,6-7H2,3H3. The summed E-state index contributed by atoms with van der Waals surface area (Å²) >= 11 is 0. The smallest absolute Gasteiger partial charge is 0.150 e. The summed E-state index contributed by atoms with van der Waals surface area (Å²) in [6, 6.07) is 0. The van der Waals surface area contributed by atoms with Crippen LogP contribution < -0.4 is 0 Å². The maximum Gasteiger partial charge on any atom is 0.150 e. The van der Waals surface area contributed by atoms with E-state index in [9.17, 15) is 0 Å². The summed E-state index contributed by atoms with van der Waals surface area (Å²) in [5, 5.41) is 0. The fraction of sp³-hybridized carbons (Fsp3) is 0.500. The molecule has 0 radical (unpaired) electrons. The topological polar surface area (TPSA) is 27.7 Å². The van der Waals surface area contributed by atoms with Gasteiger partial charge in [-0.25, -0.2) is 0 Å². The molecule has 0 aliphatic carbocycles. The van der Waals surface area contributed by atoms with E-state index < -0.39 is 0 Å². The number of rotatable bonds is 7. The molecule has 0 aliphatic heterocycles. The quantitative estimate of drug-likeness (QED) is 0.318. The van der Waals surface area contributed by atoms with Crippen molar-refractivity contribution >= 4 is 0 Å². The van der Waals surface area contributed by atoms with E-state index in [1.54, 1.807) is 19.3 Å². The van der Waals surface area contributed by atoms with E-state index in [2.05, 4.69) is 17.9 Å². The molecule has 0 rings (SSSR count). The zero-order valence-electron chi connectivity index (χ0n) is 6.79. The fourth-order valence-corrected chi connectivity index (χ4v) is 0.476. The van der Waals surface area contributed by atoms with Crippen molar-refractivity contribution in [3.63, 3.8) is 0 Å². The molecular formula is C8H14O3. The zero-order chi connectivity index (χ0) is 8.53. The molecule has 0 bridgehead atoms. The molecule has 0 fully saturated rings. The predicted octanol–water partition coefficient (Wildman–Crippen LogP) is 1.32. The molecule has 64 valence electrons. The summed E-state index contributed by atoms with van der Waals surface area (Å²) in [6.45, 7) is 7.52. The molecule has 0 unspecified atom stereocenters. The summed E-state index contributed by atoms with van der Waals surface area (Å²) in [6.07, 6.45) is 3.14. The van der Waals surface area contributed by atoms with Gasteiger partial charge in [0.1, 0.15) is 6.79 Å². The first-order valence-corrected chi connectivity index (χ1v) is 3.28. The number of ether oxygens (including phenoxy) is 3. The molecule has 3 nitrogen and oxygen atoms in total. The highest BCUT2D eigenvalue weighted by Gasteiger charge is 1.95. The highest BCUT2D eigenvalue weighted by molar-refractivity contribution is 4.93. The Morgan fingerprint density at radius 2 is 1.91 bits per heavy atom. The minimum Gasteiger partial charge on any atom is -0.359 e. The van der Waals surface area contributed by atoms with Gasteiger partial charge in [0.2, 0.25) is 0 Å². The van der Waals surface area contributed by atoms with E-state index in [1.807, 2.05) is 0 Å². The molecule has 0 N–H and O–H groups in total. The monoisotopic (exact) mass is 158 g/mol. The van der Waals surface area contributed by atoms with Crippen molar-refractivity contribution in [2.45, 2.75) is 6.10 Å². The van der Waals surface area contributed by atoms with Crippen LogP contribution in [0.25, 0.3) is 0 Å². The molecule has 3 heteroatoms. The SMILES string of the molecule is C=CC(C=C)OCOCOC. The number of hydrogen-bond donors (Lipinski definition) is 0. The lowest BCUT2D eigenvalue weighted by Gasteiger charge is -2.08. The fourth-order valence-electron chi connectivity index (χ4n) is 0.476. The van der Waals surface area contributed by atoms with E-state index in [0.29, 0.717) is 0 Å². The van der Waals surface area contributed by atoms with Crippen LogP contribution in [0.15, 0.2) is 25.3 Å². The van der Waals surface area contributed by atoms with Gasteiger partial charge in [0, 0.05) is 7.11 Å². The van der Waals surface area contributed by atoms with Crippen molar-refractivity contribution in [3.8, 4) is 0 Å². The first kappa shape index (κ1) is 10.4. The Bertz CT molecular complexity index is 104. The molecule has 0 aliphatic rings. The van der Waals surface area contributed by atoms with Gasteiger partial charge in [-0.05, 0) is 0 Å². The van der Waals surface area contributed by atoms with E-state index in [1.165, 1.54) is 0 Å². The van der Waals surface area contributed by atoms with E-state index in [0.717, 1.165) is 0 Å². The number of methoxy groups -OCH3 is 1. The maximum absolute atomic E-state index is 5.10. The molecule has 0 saturated heterocycles. The molecule has 11 heavy (non-hydrogen) atoms. The Kier molecular flexibility index (Phi) is 7.03. The van der Waals surface area contributed by atoms with Crippen LogP contribution >= 0.6 is 0 Å². The predicted molar refractivity (Wildman–Crippen MR) is 43.1 cm³/mol. The summed E-state index contributed by atoms with van der Waals surface area (Å²) in [4.78, 5) is 0. The van der Waals surface area contributed by atoms with E-state index >= 15 is 0 Å². The van der Waals surface area contributed by atoms with Crippen LogP contribution in [0, 0.1) is 0 Å². The molecule has 0 aromatic rings. The van der Waals surface area contributed by atoms with E-state index in [-0.39, 0.29) is 19.7 Å². The van der Waals surface area contributed by atoms with Crippen molar-refractivity contribution < 1.29 is 14.2 Å². The van der Waals surface area contributed by atoms with Gasteiger partial charge in [-0.3, -0.25) is 0 Å². The van der Waals surface area contributed by atoms with Gasteiger partial charge in [0.05, 0.1) is 6.10 Å². The lowest BCUT2D eigenvalue weighted by atomic mass is 10.3. The third-order valence-corrected chi connectivity index (χ3v) is 1.01. The number of hydrogen-bond acceptors (Lipinski definition) is 3. The van der Waals surface area contributed by atoms with Gasteiger partial charge in [0.15, 0.2) is 6.79 Å². The summed E-state index contributed by atoms with van der Waals surface area (Å²) in [5.74, 6) is 0. The van der Waals surface area contributed by atoms with Crippen molar-refractivity contribution in [1.82, 2.24) is 0 Å². The molecular weight excluding hydrogens is 144 g/mol. The lowest BCUT2D eigenvalue weighted by Crippen LogP contribution is -2.10. The average Bonchev–Trinajstić information content (AvgIpc) is 2.05. The average molecular weight is 158 g/mol. The molecule has 0 spiro atoms. The second-order valence-electron chi connectivity index (χ2n) is 1.83. The van der Waals surface area contributed by atoms with Crippen molar-refractivity contribution in [3.05, 3.63) is 25.3 Å². The second-order valence-corrected chi connectivity index (χ2v) is 1.83. The zero-order valence-corrected chi connectivity index (χ0v) is 6.79. The van der Waals surface area contributed by atoms with Gasteiger partial charge in [0.25, 0.3) is 0 Å². The van der Waals surface area contributed by atoms with Gasteiger partial charge in [-0.1, -0.05) is 12.2 Å². The highest BCUT2D eigenvalue weighted by atomic mass is 16.7. The third kappa shape index (κ3) is 5.79. The van der Waals surface area contributed by atoms with Crippen molar-refractivity contribution in [1.29, 1.82) is 0 Å². The van der Waals surface area contributed by atoms with Gasteiger partial charge in [-0.15, -0.1) is 13.2 Å². The van der Waals surface area contributed by atoms with Crippen LogP contribution in [0.3, 0.4) is 0 Å². The Hall–Kier alpha value is -0.640. The Morgan fingerprint density at radius 1 is 1.27 bits per heavy atom. The summed E-state index contributed by atoms with van der Waals surface area (Å²) in [5.41, 5.74) is 0. The van der Waals surface area contributed by atoms with Crippen LogP contribution in [-0.4, -0.2) is 26.8 Å². The molecule has 0 saturated carbocycles. The van der Waals surface area contributed by atoms with Gasteiger partial charge >= 0.3 is 0 Å². The first-order valence-electron chi connectivity index (χ1n) is 3.28. The first-order chi connectivity index (χ1) is 5.35. The summed E-state index contributed by atoms with van der Waals surface area (Å²) in [7, 11) is 1.55. The molecule has 0 aromatic carbocycles. The minimum atomic E-state index is -0.146. The van der Waals surface area contributed by atoms with Crippen LogP contribution in [0.1, 0.15) is 0 Å². The lowest BCUT2D eigenvalue weighted by molar-refractivity contribution is -0.125. The minimum absolute atomic E-state index is 0.146. The second kappa shape index (κ2) is 7.47. The highest BCUT2D eigenvalue weighted by Crippen LogP contribution is 1.93. The van der Waals surface area contributed by atoms with Crippen LogP contribution in [0.4, 0.5) is 0 Å². The van der Waals surface area contributed by atoms with Gasteiger partial charge in [-0.2, -0.15) is 0 Å². The van der Waals surface area contributed by atoms with Crippen LogP contribution in [-0.2, 0) is 14.2 Å². The van der Waals surface area contributed by atoms with Crippen molar-refractivity contribution in [2.24, 2.45) is 0 Å². The van der Waals surface area contributed by atoms with Crippen molar-refractivity contribution in [2.75, 3.05) is 20.7 Å². The summed E-state index contributed by atoms with van der Waals surface area (Å²) < 4.78 is 14.6. The van der Waals surface area contributed by atoms with Gasteiger partial charge < -0.3 is 14.2 Å². The van der Waals surface area contributed by atoms with E-state index in [4.69, 9.17) is 9.47 Å². The normalized spacial score (nSPS) is 10.0. The molecule has 0 atom stereocenters. The molecule has 0 heterocycles.